The van der Waals surface area contributed by atoms with E-state index in [9.17, 15) is 14.9 Å². The Hall–Kier alpha value is -4.37. The lowest BCUT2D eigenvalue weighted by Crippen LogP contribution is -2.14. The standard InChI is InChI=1S/C24H18N2O4/c25-15-20(23(27)26-21-11-6-10-19(14-21)24(28)29)13-18-9-4-5-12-22(18)30-16-17-7-2-1-3-8-17/h1-14H,16H2,(H,26,27)(H,28,29). The van der Waals surface area contributed by atoms with Gasteiger partial charge in [0.05, 0.1) is 5.56 Å². The van der Waals surface area contributed by atoms with E-state index in [2.05, 4.69) is 5.32 Å². The van der Waals surface area contributed by atoms with Crippen molar-refractivity contribution in [3.63, 3.8) is 0 Å². The minimum Gasteiger partial charge on any atom is -0.488 e. The van der Waals surface area contributed by atoms with Crippen molar-refractivity contribution in [2.45, 2.75) is 6.61 Å². The van der Waals surface area contributed by atoms with Gasteiger partial charge in [-0.2, -0.15) is 5.26 Å². The third-order valence-corrected chi connectivity index (χ3v) is 4.19. The zero-order chi connectivity index (χ0) is 21.3. The Morgan fingerprint density at radius 3 is 2.47 bits per heavy atom. The molecule has 0 aliphatic carbocycles. The number of hydrogen-bond donors (Lipinski definition) is 2. The summed E-state index contributed by atoms with van der Waals surface area (Å²) in [6.45, 7) is 0.349. The fourth-order valence-corrected chi connectivity index (χ4v) is 2.70. The number of para-hydroxylation sites is 1. The molecule has 30 heavy (non-hydrogen) atoms. The van der Waals surface area contributed by atoms with Crippen LogP contribution in [-0.4, -0.2) is 17.0 Å². The molecule has 2 N–H and O–H groups in total. The molecule has 0 saturated carbocycles. The van der Waals surface area contributed by atoms with Gasteiger partial charge in [-0.3, -0.25) is 4.79 Å². The van der Waals surface area contributed by atoms with Gasteiger partial charge in [0.1, 0.15) is 24.0 Å². The molecule has 148 valence electrons. The van der Waals surface area contributed by atoms with Crippen molar-refractivity contribution in [2.24, 2.45) is 0 Å². The Balaban J connectivity index is 1.79. The minimum atomic E-state index is -1.10. The van der Waals surface area contributed by atoms with Gasteiger partial charge in [0.25, 0.3) is 5.91 Å². The summed E-state index contributed by atoms with van der Waals surface area (Å²) in [6.07, 6.45) is 1.44. The molecule has 0 unspecified atom stereocenters. The van der Waals surface area contributed by atoms with Crippen LogP contribution in [0.4, 0.5) is 5.69 Å². The molecule has 0 aliphatic rings. The molecule has 0 radical (unpaired) electrons. The molecule has 6 heteroatoms. The summed E-state index contributed by atoms with van der Waals surface area (Å²) in [4.78, 5) is 23.6. The highest BCUT2D eigenvalue weighted by Crippen LogP contribution is 2.23. The molecular formula is C24H18N2O4. The van der Waals surface area contributed by atoms with Crippen molar-refractivity contribution in [2.75, 3.05) is 5.32 Å². The SMILES string of the molecule is N#CC(=Cc1ccccc1OCc1ccccc1)C(=O)Nc1cccc(C(=O)O)c1. The fourth-order valence-electron chi connectivity index (χ4n) is 2.70. The largest absolute Gasteiger partial charge is 0.488 e. The zero-order valence-electron chi connectivity index (χ0n) is 15.9. The van der Waals surface area contributed by atoms with Crippen LogP contribution < -0.4 is 10.1 Å². The van der Waals surface area contributed by atoms with Crippen LogP contribution in [0.25, 0.3) is 6.08 Å². The number of carboxylic acids is 1. The highest BCUT2D eigenvalue weighted by molar-refractivity contribution is 6.10. The minimum absolute atomic E-state index is 0.0370. The van der Waals surface area contributed by atoms with E-state index in [1.54, 1.807) is 30.3 Å². The van der Waals surface area contributed by atoms with Gasteiger partial charge in [0.15, 0.2) is 0 Å². The van der Waals surface area contributed by atoms with Crippen molar-refractivity contribution >= 4 is 23.6 Å². The van der Waals surface area contributed by atoms with Gasteiger partial charge in [0.2, 0.25) is 0 Å². The number of nitrogens with zero attached hydrogens (tertiary/aromatic N) is 1. The highest BCUT2D eigenvalue weighted by Gasteiger charge is 2.12. The van der Waals surface area contributed by atoms with Crippen molar-refractivity contribution < 1.29 is 19.4 Å². The van der Waals surface area contributed by atoms with Crippen LogP contribution >= 0.6 is 0 Å². The first-order valence-corrected chi connectivity index (χ1v) is 9.09. The Bertz CT molecular complexity index is 1130. The molecule has 0 bridgehead atoms. The van der Waals surface area contributed by atoms with Gasteiger partial charge < -0.3 is 15.2 Å². The maximum atomic E-state index is 12.5. The summed E-state index contributed by atoms with van der Waals surface area (Å²) >= 11 is 0. The van der Waals surface area contributed by atoms with E-state index in [4.69, 9.17) is 9.84 Å². The lowest BCUT2D eigenvalue weighted by molar-refractivity contribution is -0.112. The van der Waals surface area contributed by atoms with Gasteiger partial charge >= 0.3 is 5.97 Å². The summed E-state index contributed by atoms with van der Waals surface area (Å²) in [5.41, 5.74) is 1.77. The number of nitriles is 1. The maximum Gasteiger partial charge on any atom is 0.335 e. The van der Waals surface area contributed by atoms with Gasteiger partial charge in [-0.15, -0.1) is 0 Å². The summed E-state index contributed by atoms with van der Waals surface area (Å²) in [7, 11) is 0. The smallest absolute Gasteiger partial charge is 0.335 e. The van der Waals surface area contributed by atoms with Crippen molar-refractivity contribution in [3.8, 4) is 11.8 Å². The normalized spacial score (nSPS) is 10.7. The molecule has 0 spiro atoms. The van der Waals surface area contributed by atoms with Gasteiger partial charge in [-0.05, 0) is 35.9 Å². The van der Waals surface area contributed by atoms with E-state index < -0.39 is 11.9 Å². The van der Waals surface area contributed by atoms with E-state index in [1.165, 1.54) is 24.3 Å². The number of hydrogen-bond acceptors (Lipinski definition) is 4. The van der Waals surface area contributed by atoms with E-state index in [-0.39, 0.29) is 16.8 Å². The predicted octanol–water partition coefficient (Wildman–Crippen LogP) is 4.51. The van der Waals surface area contributed by atoms with E-state index in [0.717, 1.165) is 5.56 Å². The number of carboxylic acid groups (broad SMARTS) is 1. The molecule has 3 aromatic rings. The third kappa shape index (κ3) is 5.33. The van der Waals surface area contributed by atoms with Crippen molar-refractivity contribution in [3.05, 3.63) is 101 Å². The number of aromatic carboxylic acids is 1. The Morgan fingerprint density at radius 1 is 1.00 bits per heavy atom. The number of carbonyl (C=O) groups excluding carboxylic acids is 1. The summed E-state index contributed by atoms with van der Waals surface area (Å²) in [5.74, 6) is -1.21. The lowest BCUT2D eigenvalue weighted by atomic mass is 10.1. The first-order chi connectivity index (χ1) is 14.6. The first kappa shape index (κ1) is 20.4. The summed E-state index contributed by atoms with van der Waals surface area (Å²) < 4.78 is 5.86. The lowest BCUT2D eigenvalue weighted by Gasteiger charge is -2.10. The number of rotatable bonds is 7. The third-order valence-electron chi connectivity index (χ3n) is 4.19. The number of anilines is 1. The molecule has 0 atom stereocenters. The molecular weight excluding hydrogens is 380 g/mol. The Kier molecular flexibility index (Phi) is 6.59. The first-order valence-electron chi connectivity index (χ1n) is 9.09. The molecule has 1 amide bonds. The second-order valence-corrected chi connectivity index (χ2v) is 6.32. The zero-order valence-corrected chi connectivity index (χ0v) is 15.9. The average Bonchev–Trinajstić information content (AvgIpc) is 2.77. The number of ether oxygens (including phenoxy) is 1. The van der Waals surface area contributed by atoms with Crippen LogP contribution in [0.15, 0.2) is 84.4 Å². The quantitative estimate of drug-likeness (QED) is 0.451. The number of amides is 1. The van der Waals surface area contributed by atoms with Gasteiger partial charge in [0, 0.05) is 11.3 Å². The number of benzene rings is 3. The summed E-state index contributed by atoms with van der Waals surface area (Å²) in [5, 5.41) is 21.1. The van der Waals surface area contributed by atoms with Crippen LogP contribution in [-0.2, 0) is 11.4 Å². The van der Waals surface area contributed by atoms with Gasteiger partial charge in [-0.1, -0.05) is 54.6 Å². The fraction of sp³-hybridized carbons (Fsp3) is 0.0417. The van der Waals surface area contributed by atoms with Crippen LogP contribution in [0.1, 0.15) is 21.5 Å². The van der Waals surface area contributed by atoms with Crippen molar-refractivity contribution in [1.29, 1.82) is 5.26 Å². The second-order valence-electron chi connectivity index (χ2n) is 6.32. The predicted molar refractivity (Wildman–Crippen MR) is 113 cm³/mol. The molecule has 0 heterocycles. The topological polar surface area (TPSA) is 99.4 Å². The molecule has 3 aromatic carbocycles. The van der Waals surface area contributed by atoms with E-state index in [0.29, 0.717) is 17.9 Å². The second kappa shape index (κ2) is 9.71. The van der Waals surface area contributed by atoms with E-state index >= 15 is 0 Å². The molecule has 0 aromatic heterocycles. The van der Waals surface area contributed by atoms with E-state index in [1.807, 2.05) is 36.4 Å². The number of nitrogens with one attached hydrogen (secondary N) is 1. The average molecular weight is 398 g/mol. The monoisotopic (exact) mass is 398 g/mol. The van der Waals surface area contributed by atoms with Crippen LogP contribution in [0.3, 0.4) is 0 Å². The molecule has 0 saturated heterocycles. The molecule has 0 aliphatic heterocycles. The Labute approximate surface area is 173 Å². The Morgan fingerprint density at radius 2 is 1.73 bits per heavy atom. The highest BCUT2D eigenvalue weighted by atomic mass is 16.5. The van der Waals surface area contributed by atoms with Crippen LogP contribution in [0.5, 0.6) is 5.75 Å². The van der Waals surface area contributed by atoms with Crippen molar-refractivity contribution in [1.82, 2.24) is 0 Å². The number of carbonyl (C=O) groups is 2. The molecule has 6 nitrogen and oxygen atoms in total. The molecule has 0 fully saturated rings. The maximum absolute atomic E-state index is 12.5. The molecule has 3 rings (SSSR count). The summed E-state index contributed by atoms with van der Waals surface area (Å²) in [6, 6.07) is 24.4. The van der Waals surface area contributed by atoms with Crippen LogP contribution in [0, 0.1) is 11.3 Å². The van der Waals surface area contributed by atoms with Crippen LogP contribution in [0.2, 0.25) is 0 Å². The van der Waals surface area contributed by atoms with Gasteiger partial charge in [-0.25, -0.2) is 4.79 Å².